The lowest BCUT2D eigenvalue weighted by molar-refractivity contribution is -0.125. The van der Waals surface area contributed by atoms with Gasteiger partial charge in [0.05, 0.1) is 6.10 Å². The Morgan fingerprint density at radius 2 is 2.40 bits per heavy atom. The topological polar surface area (TPSA) is 46.5 Å². The Bertz CT molecular complexity index is 192. The van der Waals surface area contributed by atoms with E-state index in [-0.39, 0.29) is 0 Å². The van der Waals surface area contributed by atoms with Crippen molar-refractivity contribution in [3.8, 4) is 12.3 Å². The molecule has 3 nitrogen and oxygen atoms in total. The van der Waals surface area contributed by atoms with Crippen molar-refractivity contribution in [2.75, 3.05) is 0 Å². The zero-order valence-corrected chi connectivity index (χ0v) is 5.57. The summed E-state index contributed by atoms with van der Waals surface area (Å²) in [6, 6.07) is 0. The van der Waals surface area contributed by atoms with Gasteiger partial charge in [0.25, 0.3) is 0 Å². The summed E-state index contributed by atoms with van der Waals surface area (Å²) in [5, 5.41) is 9.00. The number of carbonyl (C=O) groups excluding carboxylic acids is 1. The molecule has 1 heterocycles. The summed E-state index contributed by atoms with van der Waals surface area (Å²) >= 11 is 0. The van der Waals surface area contributed by atoms with Crippen LogP contribution in [0.1, 0.15) is 6.92 Å². The first kappa shape index (κ1) is 7.26. The predicted molar refractivity (Wildman–Crippen MR) is 34.2 cm³/mol. The summed E-state index contributed by atoms with van der Waals surface area (Å²) in [7, 11) is 0. The van der Waals surface area contributed by atoms with Crippen molar-refractivity contribution < 1.29 is 14.6 Å². The van der Waals surface area contributed by atoms with Crippen LogP contribution in [-0.4, -0.2) is 29.2 Å². The van der Waals surface area contributed by atoms with Crippen molar-refractivity contribution in [2.45, 2.75) is 25.2 Å². The lowest BCUT2D eigenvalue weighted by Gasteiger charge is -2.02. The van der Waals surface area contributed by atoms with E-state index in [1.165, 1.54) is 0 Å². The lowest BCUT2D eigenvalue weighted by atomic mass is 10.1. The Morgan fingerprint density at radius 3 is 2.60 bits per heavy atom. The maximum Gasteiger partial charge on any atom is 0.204 e. The first-order valence-electron chi connectivity index (χ1n) is 3.00. The molecule has 0 aromatic rings. The summed E-state index contributed by atoms with van der Waals surface area (Å²) in [6.07, 6.45) is 2.59. The molecular weight excluding hydrogens is 132 g/mol. The Hall–Kier alpha value is -0.850. The number of ether oxygens (including phenoxy) is 1. The second-order valence-electron chi connectivity index (χ2n) is 2.24. The minimum absolute atomic E-state index is 0.407. The fourth-order valence-corrected chi connectivity index (χ4v) is 0.864. The average molecular weight is 140 g/mol. The molecule has 1 aliphatic rings. The fourth-order valence-electron chi connectivity index (χ4n) is 0.864. The molecular formula is C7H8O3. The zero-order valence-electron chi connectivity index (χ0n) is 5.57. The molecule has 10 heavy (non-hydrogen) atoms. The number of hydrogen-bond donors (Lipinski definition) is 1. The highest BCUT2D eigenvalue weighted by Crippen LogP contribution is 2.15. The highest BCUT2D eigenvalue weighted by atomic mass is 16.5. The third-order valence-electron chi connectivity index (χ3n) is 1.50. The smallest absolute Gasteiger partial charge is 0.204 e. The number of aliphatic hydroxyl groups is 1. The summed E-state index contributed by atoms with van der Waals surface area (Å²) in [6.45, 7) is 1.61. The van der Waals surface area contributed by atoms with Crippen LogP contribution in [0, 0.1) is 12.3 Å². The number of ketones is 1. The number of Topliss-reactive ketones (excluding diaryl/α,β-unsaturated/α-hetero) is 1. The summed E-state index contributed by atoms with van der Waals surface area (Å²) in [5.41, 5.74) is 0. The standard InChI is InChI=1S/C7H8O3/c1-3-5-7(9)6(8)4(2)10-5/h1,4-6,8H,2H3/t4-,5+,6?/m0/s1. The van der Waals surface area contributed by atoms with E-state index < -0.39 is 24.1 Å². The van der Waals surface area contributed by atoms with Gasteiger partial charge in [-0.2, -0.15) is 0 Å². The molecule has 1 N–H and O–H groups in total. The second kappa shape index (κ2) is 2.41. The molecule has 0 aromatic carbocycles. The van der Waals surface area contributed by atoms with Crippen LogP contribution in [0.3, 0.4) is 0 Å². The third-order valence-corrected chi connectivity index (χ3v) is 1.50. The Kier molecular flexibility index (Phi) is 1.75. The van der Waals surface area contributed by atoms with Gasteiger partial charge in [0.1, 0.15) is 6.10 Å². The minimum atomic E-state index is -1.04. The van der Waals surface area contributed by atoms with Gasteiger partial charge >= 0.3 is 0 Å². The van der Waals surface area contributed by atoms with Crippen LogP contribution in [0.25, 0.3) is 0 Å². The Balaban J connectivity index is 2.73. The minimum Gasteiger partial charge on any atom is -0.382 e. The molecule has 1 unspecified atom stereocenters. The lowest BCUT2D eigenvalue weighted by Crippen LogP contribution is -2.25. The van der Waals surface area contributed by atoms with Crippen molar-refractivity contribution >= 4 is 5.78 Å². The van der Waals surface area contributed by atoms with E-state index in [0.717, 1.165) is 0 Å². The van der Waals surface area contributed by atoms with Crippen molar-refractivity contribution in [2.24, 2.45) is 0 Å². The van der Waals surface area contributed by atoms with E-state index in [1.807, 2.05) is 0 Å². The molecule has 0 aliphatic carbocycles. The first-order chi connectivity index (χ1) is 4.66. The molecule has 0 bridgehead atoms. The predicted octanol–water partition coefficient (Wildman–Crippen LogP) is -0.663. The number of terminal acetylenes is 1. The van der Waals surface area contributed by atoms with Crippen LogP contribution < -0.4 is 0 Å². The molecule has 0 radical (unpaired) electrons. The van der Waals surface area contributed by atoms with Crippen LogP contribution in [0.2, 0.25) is 0 Å². The Morgan fingerprint density at radius 1 is 1.80 bits per heavy atom. The van der Waals surface area contributed by atoms with E-state index in [1.54, 1.807) is 6.92 Å². The molecule has 0 aromatic heterocycles. The molecule has 0 saturated carbocycles. The molecule has 3 heteroatoms. The van der Waals surface area contributed by atoms with Crippen molar-refractivity contribution in [1.29, 1.82) is 0 Å². The first-order valence-corrected chi connectivity index (χ1v) is 3.00. The molecule has 0 amide bonds. The van der Waals surface area contributed by atoms with Gasteiger partial charge in [-0.25, -0.2) is 0 Å². The highest BCUT2D eigenvalue weighted by Gasteiger charge is 2.38. The largest absolute Gasteiger partial charge is 0.382 e. The van der Waals surface area contributed by atoms with Gasteiger partial charge in [-0.3, -0.25) is 4.79 Å². The molecule has 0 spiro atoms. The van der Waals surface area contributed by atoms with Crippen molar-refractivity contribution in [3.63, 3.8) is 0 Å². The normalized spacial score (nSPS) is 39.7. The van der Waals surface area contributed by atoms with Crippen LogP contribution in [0.4, 0.5) is 0 Å². The number of rotatable bonds is 0. The van der Waals surface area contributed by atoms with E-state index in [0.29, 0.717) is 0 Å². The summed E-state index contributed by atoms with van der Waals surface area (Å²) in [5.74, 6) is 1.74. The number of carbonyl (C=O) groups is 1. The van der Waals surface area contributed by atoms with Gasteiger partial charge in [-0.05, 0) is 6.92 Å². The Labute approximate surface area is 59.0 Å². The van der Waals surface area contributed by atoms with Crippen molar-refractivity contribution in [1.82, 2.24) is 0 Å². The maximum atomic E-state index is 10.8. The molecule has 1 rings (SSSR count). The van der Waals surface area contributed by atoms with E-state index in [4.69, 9.17) is 16.3 Å². The molecule has 54 valence electrons. The van der Waals surface area contributed by atoms with E-state index in [9.17, 15) is 4.79 Å². The maximum absolute atomic E-state index is 10.8. The summed E-state index contributed by atoms with van der Waals surface area (Å²) < 4.78 is 4.90. The quantitative estimate of drug-likeness (QED) is 0.454. The zero-order chi connectivity index (χ0) is 7.72. The van der Waals surface area contributed by atoms with Crippen molar-refractivity contribution in [3.05, 3.63) is 0 Å². The second-order valence-corrected chi connectivity index (χ2v) is 2.24. The van der Waals surface area contributed by atoms with Crippen LogP contribution in [0.15, 0.2) is 0 Å². The third kappa shape index (κ3) is 0.919. The van der Waals surface area contributed by atoms with Crippen LogP contribution in [-0.2, 0) is 9.53 Å². The van der Waals surface area contributed by atoms with Gasteiger partial charge in [-0.15, -0.1) is 6.42 Å². The van der Waals surface area contributed by atoms with Crippen LogP contribution >= 0.6 is 0 Å². The highest BCUT2D eigenvalue weighted by molar-refractivity contribution is 5.91. The van der Waals surface area contributed by atoms with Crippen LogP contribution in [0.5, 0.6) is 0 Å². The fraction of sp³-hybridized carbons (Fsp3) is 0.571. The molecule has 1 fully saturated rings. The van der Waals surface area contributed by atoms with Gasteiger partial charge in [0.2, 0.25) is 5.78 Å². The number of hydrogen-bond acceptors (Lipinski definition) is 3. The van der Waals surface area contributed by atoms with E-state index >= 15 is 0 Å². The average Bonchev–Trinajstić information content (AvgIpc) is 2.17. The van der Waals surface area contributed by atoms with Gasteiger partial charge in [0.15, 0.2) is 6.10 Å². The van der Waals surface area contributed by atoms with Gasteiger partial charge in [0, 0.05) is 0 Å². The summed E-state index contributed by atoms with van der Waals surface area (Å²) in [4.78, 5) is 10.8. The van der Waals surface area contributed by atoms with Gasteiger partial charge < -0.3 is 9.84 Å². The monoisotopic (exact) mass is 140 g/mol. The van der Waals surface area contributed by atoms with E-state index in [2.05, 4.69) is 5.92 Å². The SMILES string of the molecule is C#C[C@H]1O[C@@H](C)C(O)C1=O. The number of aliphatic hydroxyl groups excluding tert-OH is 1. The molecule has 3 atom stereocenters. The van der Waals surface area contributed by atoms with Gasteiger partial charge in [-0.1, -0.05) is 5.92 Å². The molecule has 1 saturated heterocycles. The molecule has 1 aliphatic heterocycles.